The van der Waals surface area contributed by atoms with E-state index in [2.05, 4.69) is 4.98 Å². The van der Waals surface area contributed by atoms with Gasteiger partial charge in [0.2, 0.25) is 0 Å². The minimum Gasteiger partial charge on any atom is -0.289 e. The average molecular weight is 304 g/mol. The van der Waals surface area contributed by atoms with Crippen molar-refractivity contribution in [2.45, 2.75) is 0 Å². The van der Waals surface area contributed by atoms with Gasteiger partial charge in [0.05, 0.1) is 16.0 Å². The molecule has 0 radical (unpaired) electrons. The molecule has 1 heterocycles. The topological polar surface area (TPSA) is 73.1 Å². The van der Waals surface area contributed by atoms with Gasteiger partial charge in [0.25, 0.3) is 5.69 Å². The fraction of sp³-hybridized carbons (Fsp3) is 0. The van der Waals surface area contributed by atoms with E-state index in [9.17, 15) is 14.9 Å². The van der Waals surface area contributed by atoms with Crippen LogP contribution in [0.1, 0.15) is 15.9 Å². The number of pyridine rings is 1. The molecule has 5 heteroatoms. The molecule has 0 saturated heterocycles. The summed E-state index contributed by atoms with van der Waals surface area (Å²) in [7, 11) is 0. The summed E-state index contributed by atoms with van der Waals surface area (Å²) in [5.41, 5.74) is 1.55. The maximum absolute atomic E-state index is 12.3. The number of allylic oxidation sites excluding steroid dienone is 1. The summed E-state index contributed by atoms with van der Waals surface area (Å²) in [4.78, 5) is 27.0. The summed E-state index contributed by atoms with van der Waals surface area (Å²) in [6.45, 7) is 0. The van der Waals surface area contributed by atoms with Crippen LogP contribution in [0.3, 0.4) is 0 Å². The summed E-state index contributed by atoms with van der Waals surface area (Å²) < 4.78 is 0. The maximum Gasteiger partial charge on any atom is 0.280 e. The lowest BCUT2D eigenvalue weighted by molar-refractivity contribution is -0.385. The van der Waals surface area contributed by atoms with Crippen LogP contribution in [0.25, 0.3) is 17.0 Å². The van der Waals surface area contributed by atoms with Gasteiger partial charge >= 0.3 is 0 Å². The highest BCUT2D eigenvalue weighted by Gasteiger charge is 2.16. The number of ketones is 1. The van der Waals surface area contributed by atoms with Gasteiger partial charge in [0, 0.05) is 17.6 Å². The fourth-order valence-electron chi connectivity index (χ4n) is 2.36. The number of nitrogens with zero attached hydrogens (tertiary/aromatic N) is 2. The molecule has 23 heavy (non-hydrogen) atoms. The lowest BCUT2D eigenvalue weighted by atomic mass is 10.1. The van der Waals surface area contributed by atoms with Gasteiger partial charge in [-0.2, -0.15) is 0 Å². The second-order valence-electron chi connectivity index (χ2n) is 4.89. The molecule has 0 aliphatic heterocycles. The van der Waals surface area contributed by atoms with E-state index in [1.807, 2.05) is 24.3 Å². The van der Waals surface area contributed by atoms with Gasteiger partial charge in [0.15, 0.2) is 5.78 Å². The second kappa shape index (κ2) is 6.19. The Hall–Kier alpha value is -3.34. The molecule has 0 N–H and O–H groups in total. The standard InChI is InChI=1S/C18H12N2O3/c21-18(15-6-2-4-8-17(15)20(22)23)10-9-13-11-12-19-16-7-3-1-5-14(13)16/h1-12H/b10-9+. The van der Waals surface area contributed by atoms with Crippen LogP contribution in [0, 0.1) is 10.1 Å². The van der Waals surface area contributed by atoms with Gasteiger partial charge in [-0.3, -0.25) is 19.9 Å². The number of nitro groups is 1. The molecule has 0 aliphatic rings. The Kier molecular flexibility index (Phi) is 3.93. The molecule has 0 unspecified atom stereocenters. The molecular formula is C18H12N2O3. The number of hydrogen-bond donors (Lipinski definition) is 0. The van der Waals surface area contributed by atoms with Crippen LogP contribution < -0.4 is 0 Å². The molecule has 0 aliphatic carbocycles. The number of para-hydroxylation sites is 2. The molecular weight excluding hydrogens is 292 g/mol. The Bertz CT molecular complexity index is 927. The largest absolute Gasteiger partial charge is 0.289 e. The van der Waals surface area contributed by atoms with E-state index in [0.29, 0.717) is 0 Å². The number of fused-ring (bicyclic) bond motifs is 1. The van der Waals surface area contributed by atoms with Crippen LogP contribution in [0.5, 0.6) is 0 Å². The molecule has 3 aromatic rings. The van der Waals surface area contributed by atoms with Crippen LogP contribution in [-0.2, 0) is 0 Å². The molecule has 0 bridgehead atoms. The number of carbonyl (C=O) groups is 1. The number of nitro benzene ring substituents is 1. The normalized spacial score (nSPS) is 11.0. The van der Waals surface area contributed by atoms with Gasteiger partial charge in [-0.25, -0.2) is 0 Å². The third kappa shape index (κ3) is 2.98. The molecule has 2 aromatic carbocycles. The number of rotatable bonds is 4. The smallest absolute Gasteiger partial charge is 0.280 e. The van der Waals surface area contributed by atoms with Crippen molar-refractivity contribution in [3.63, 3.8) is 0 Å². The fourth-order valence-corrected chi connectivity index (χ4v) is 2.36. The first-order valence-corrected chi connectivity index (χ1v) is 6.96. The first-order chi connectivity index (χ1) is 11.2. The van der Waals surface area contributed by atoms with Crippen molar-refractivity contribution in [3.8, 4) is 0 Å². The highest BCUT2D eigenvalue weighted by atomic mass is 16.6. The minimum absolute atomic E-state index is 0.0760. The Morgan fingerprint density at radius 2 is 1.78 bits per heavy atom. The van der Waals surface area contributed by atoms with E-state index in [4.69, 9.17) is 0 Å². The maximum atomic E-state index is 12.3. The zero-order valence-electron chi connectivity index (χ0n) is 12.0. The van der Waals surface area contributed by atoms with Crippen molar-refractivity contribution in [1.82, 2.24) is 4.98 Å². The number of carbonyl (C=O) groups excluding carboxylic acids is 1. The van der Waals surface area contributed by atoms with E-state index >= 15 is 0 Å². The van der Waals surface area contributed by atoms with E-state index in [1.165, 1.54) is 24.3 Å². The molecule has 5 nitrogen and oxygen atoms in total. The van der Waals surface area contributed by atoms with Gasteiger partial charge < -0.3 is 0 Å². The van der Waals surface area contributed by atoms with E-state index in [0.717, 1.165) is 16.5 Å². The molecule has 0 saturated carbocycles. The Balaban J connectivity index is 1.97. The summed E-state index contributed by atoms with van der Waals surface area (Å²) in [6, 6.07) is 15.3. The van der Waals surface area contributed by atoms with Crippen molar-refractivity contribution in [3.05, 3.63) is 88.1 Å². The number of aromatic nitrogens is 1. The second-order valence-corrected chi connectivity index (χ2v) is 4.89. The minimum atomic E-state index is -0.553. The van der Waals surface area contributed by atoms with Crippen molar-refractivity contribution < 1.29 is 9.72 Å². The van der Waals surface area contributed by atoms with Crippen molar-refractivity contribution in [2.24, 2.45) is 0 Å². The lowest BCUT2D eigenvalue weighted by Gasteiger charge is -2.01. The van der Waals surface area contributed by atoms with Crippen LogP contribution in [0.15, 0.2) is 66.9 Å². The monoisotopic (exact) mass is 304 g/mol. The molecule has 1 aromatic heterocycles. The van der Waals surface area contributed by atoms with E-state index in [-0.39, 0.29) is 11.3 Å². The molecule has 112 valence electrons. The summed E-state index contributed by atoms with van der Waals surface area (Å²) in [5, 5.41) is 11.9. The van der Waals surface area contributed by atoms with Crippen molar-refractivity contribution in [1.29, 1.82) is 0 Å². The zero-order chi connectivity index (χ0) is 16.2. The SMILES string of the molecule is O=C(/C=C/c1ccnc2ccccc12)c1ccccc1[N+](=O)[O-]. The Morgan fingerprint density at radius 3 is 2.61 bits per heavy atom. The predicted octanol–water partition coefficient (Wildman–Crippen LogP) is 4.04. The zero-order valence-corrected chi connectivity index (χ0v) is 12.0. The van der Waals surface area contributed by atoms with Gasteiger partial charge in [-0.05, 0) is 29.8 Å². The number of hydrogen-bond acceptors (Lipinski definition) is 4. The van der Waals surface area contributed by atoms with Crippen LogP contribution >= 0.6 is 0 Å². The predicted molar refractivity (Wildman–Crippen MR) is 88.2 cm³/mol. The molecule has 0 spiro atoms. The van der Waals surface area contributed by atoms with Crippen LogP contribution in [-0.4, -0.2) is 15.7 Å². The van der Waals surface area contributed by atoms with Crippen LogP contribution in [0.2, 0.25) is 0 Å². The summed E-state index contributed by atoms with van der Waals surface area (Å²) in [5.74, 6) is -0.404. The van der Waals surface area contributed by atoms with Gasteiger partial charge in [-0.15, -0.1) is 0 Å². The summed E-state index contributed by atoms with van der Waals surface area (Å²) in [6.07, 6.45) is 4.67. The first kappa shape index (κ1) is 14.6. The van der Waals surface area contributed by atoms with Gasteiger partial charge in [0.1, 0.15) is 0 Å². The molecule has 0 atom stereocenters. The third-order valence-electron chi connectivity index (χ3n) is 3.46. The van der Waals surface area contributed by atoms with E-state index in [1.54, 1.807) is 24.4 Å². The van der Waals surface area contributed by atoms with Crippen molar-refractivity contribution >= 4 is 28.4 Å². The Morgan fingerprint density at radius 1 is 1.04 bits per heavy atom. The Labute approximate surface area is 132 Å². The average Bonchev–Trinajstić information content (AvgIpc) is 2.59. The third-order valence-corrected chi connectivity index (χ3v) is 3.46. The quantitative estimate of drug-likeness (QED) is 0.315. The molecule has 3 rings (SSSR count). The number of benzene rings is 2. The first-order valence-electron chi connectivity index (χ1n) is 6.96. The molecule has 0 fully saturated rings. The summed E-state index contributed by atoms with van der Waals surface area (Å²) >= 11 is 0. The van der Waals surface area contributed by atoms with E-state index < -0.39 is 10.7 Å². The molecule has 0 amide bonds. The van der Waals surface area contributed by atoms with Gasteiger partial charge in [-0.1, -0.05) is 36.4 Å². The highest BCUT2D eigenvalue weighted by molar-refractivity contribution is 6.10. The lowest BCUT2D eigenvalue weighted by Crippen LogP contribution is -2.00. The van der Waals surface area contributed by atoms with Crippen LogP contribution in [0.4, 0.5) is 5.69 Å². The van der Waals surface area contributed by atoms with Crippen molar-refractivity contribution in [2.75, 3.05) is 0 Å². The highest BCUT2D eigenvalue weighted by Crippen LogP contribution is 2.21.